The van der Waals surface area contributed by atoms with E-state index in [-0.39, 0.29) is 10.8 Å². The maximum atomic E-state index is 6.19. The monoisotopic (exact) mass is 285 g/mol. The zero-order valence-corrected chi connectivity index (χ0v) is 14.3. The minimum Gasteiger partial charge on any atom is -0.461 e. The number of allylic oxidation sites excluding steroid dienone is 2. The molecule has 0 aromatic carbocycles. The topological polar surface area (TPSA) is 39.2 Å². The molecule has 1 heterocycles. The lowest BCUT2D eigenvalue weighted by molar-refractivity contribution is 0.522. The molecule has 0 radical (unpaired) electrons. The van der Waals surface area contributed by atoms with Gasteiger partial charge in [-0.25, -0.2) is 0 Å². The number of hydrogen-bond donors (Lipinski definition) is 1. The van der Waals surface area contributed by atoms with E-state index in [0.29, 0.717) is 0 Å². The Morgan fingerprint density at radius 2 is 1.76 bits per heavy atom. The van der Waals surface area contributed by atoms with Crippen LogP contribution >= 0.6 is 0 Å². The average molecular weight is 285 g/mol. The molecule has 0 unspecified atom stereocenters. The van der Waals surface area contributed by atoms with E-state index in [1.54, 1.807) is 0 Å². The smallest absolute Gasteiger partial charge is 0.156 e. The molecule has 0 spiro atoms. The molecule has 1 aromatic heterocycles. The number of nitrogens with two attached hydrogens (primary N) is 1. The van der Waals surface area contributed by atoms with Gasteiger partial charge in [-0.05, 0) is 36.2 Å². The van der Waals surface area contributed by atoms with E-state index in [0.717, 1.165) is 35.5 Å². The molecule has 0 aliphatic rings. The maximum absolute atomic E-state index is 6.19. The quantitative estimate of drug-likeness (QED) is 0.620. The van der Waals surface area contributed by atoms with E-state index >= 15 is 0 Å². The largest absolute Gasteiger partial charge is 0.461 e. The van der Waals surface area contributed by atoms with E-state index in [4.69, 9.17) is 10.2 Å². The predicted molar refractivity (Wildman–Crippen MR) is 95.9 cm³/mol. The molecule has 114 valence electrons. The summed E-state index contributed by atoms with van der Waals surface area (Å²) in [7, 11) is 0.866. The van der Waals surface area contributed by atoms with Crippen molar-refractivity contribution in [3.8, 4) is 0 Å². The second-order valence-electron chi connectivity index (χ2n) is 7.12. The maximum Gasteiger partial charge on any atom is 0.156 e. The summed E-state index contributed by atoms with van der Waals surface area (Å²) in [6, 6.07) is 0. The summed E-state index contributed by atoms with van der Waals surface area (Å²) >= 11 is 0. The fraction of sp³-hybridized carbons (Fsp3) is 0.444. The molecular formula is C18H28BNO. The van der Waals surface area contributed by atoms with Crippen LogP contribution in [0.2, 0.25) is 5.31 Å². The van der Waals surface area contributed by atoms with Gasteiger partial charge in [0.1, 0.15) is 11.5 Å². The van der Waals surface area contributed by atoms with Crippen LogP contribution in [-0.2, 0) is 0 Å². The molecule has 0 saturated carbocycles. The van der Waals surface area contributed by atoms with Crippen molar-refractivity contribution >= 4 is 19.4 Å². The normalized spacial score (nSPS) is 13.2. The number of hydrogen-bond acceptors (Lipinski definition) is 2. The Kier molecular flexibility index (Phi) is 5.11. The summed E-state index contributed by atoms with van der Waals surface area (Å²) in [5.41, 5.74) is 9.28. The van der Waals surface area contributed by atoms with Crippen molar-refractivity contribution in [1.29, 1.82) is 0 Å². The molecule has 0 saturated heterocycles. The van der Waals surface area contributed by atoms with Crippen molar-refractivity contribution in [2.45, 2.75) is 52.3 Å². The first-order chi connectivity index (χ1) is 9.51. The molecule has 1 aromatic rings. The van der Waals surface area contributed by atoms with Gasteiger partial charge in [0.2, 0.25) is 0 Å². The van der Waals surface area contributed by atoms with Crippen LogP contribution in [0.5, 0.6) is 0 Å². The third-order valence-corrected chi connectivity index (χ3v) is 3.81. The summed E-state index contributed by atoms with van der Waals surface area (Å²) in [6.45, 7) is 20.3. The summed E-state index contributed by atoms with van der Waals surface area (Å²) in [6.07, 6.45) is 5.82. The van der Waals surface area contributed by atoms with Crippen molar-refractivity contribution in [3.63, 3.8) is 0 Å². The Morgan fingerprint density at radius 3 is 2.14 bits per heavy atom. The first kappa shape index (κ1) is 17.6. The lowest BCUT2D eigenvalue weighted by Gasteiger charge is -2.32. The summed E-state index contributed by atoms with van der Waals surface area (Å²) < 4.78 is 5.87. The first-order valence-corrected chi connectivity index (χ1v) is 7.38. The minimum absolute atomic E-state index is 0.0680. The molecule has 1 rings (SSSR count). The standard InChI is InChI=1S/C18H28BNO/c1-9-14(17(5,6)19-18(7,8)20)11-16-12(3)15(10-2)13(4)21-16/h9-11,19H,1-2,20H2,3-8H3/b14-11+. The third kappa shape index (κ3) is 4.24. The van der Waals surface area contributed by atoms with E-state index in [9.17, 15) is 0 Å². The van der Waals surface area contributed by atoms with Gasteiger partial charge in [0, 0.05) is 11.1 Å². The highest BCUT2D eigenvalue weighted by Crippen LogP contribution is 2.38. The van der Waals surface area contributed by atoms with E-state index in [2.05, 4.69) is 40.0 Å². The van der Waals surface area contributed by atoms with Gasteiger partial charge in [-0.3, -0.25) is 0 Å². The van der Waals surface area contributed by atoms with Crippen LogP contribution in [0.1, 0.15) is 50.3 Å². The van der Waals surface area contributed by atoms with Gasteiger partial charge in [0.25, 0.3) is 0 Å². The Bertz CT molecular complexity index is 571. The van der Waals surface area contributed by atoms with Crippen LogP contribution in [0.25, 0.3) is 12.2 Å². The molecule has 2 nitrogen and oxygen atoms in total. The highest BCUT2D eigenvalue weighted by Gasteiger charge is 2.30. The van der Waals surface area contributed by atoms with E-state index < -0.39 is 0 Å². The Hall–Kier alpha value is -1.48. The summed E-state index contributed by atoms with van der Waals surface area (Å²) in [5, 5.41) is -0.0680. The molecule has 0 atom stereocenters. The Labute approximate surface area is 130 Å². The van der Waals surface area contributed by atoms with Crippen molar-refractivity contribution in [2.24, 2.45) is 5.73 Å². The molecular weight excluding hydrogens is 257 g/mol. The van der Waals surface area contributed by atoms with Gasteiger partial charge in [0.15, 0.2) is 7.28 Å². The Morgan fingerprint density at radius 1 is 1.19 bits per heavy atom. The number of aryl methyl sites for hydroxylation is 1. The van der Waals surface area contributed by atoms with Gasteiger partial charge in [-0.2, -0.15) is 0 Å². The van der Waals surface area contributed by atoms with E-state index in [1.807, 2.05) is 32.9 Å². The summed E-state index contributed by atoms with van der Waals surface area (Å²) in [5.74, 6) is 1.77. The van der Waals surface area contributed by atoms with Crippen LogP contribution in [0.3, 0.4) is 0 Å². The van der Waals surface area contributed by atoms with Crippen molar-refractivity contribution in [3.05, 3.63) is 47.5 Å². The molecule has 21 heavy (non-hydrogen) atoms. The van der Waals surface area contributed by atoms with Gasteiger partial charge >= 0.3 is 0 Å². The van der Waals surface area contributed by atoms with Crippen molar-refractivity contribution in [2.75, 3.05) is 0 Å². The molecule has 0 bridgehead atoms. The predicted octanol–water partition coefficient (Wildman–Crippen LogP) is 4.44. The Balaban J connectivity index is 3.27. The summed E-state index contributed by atoms with van der Waals surface area (Å²) in [4.78, 5) is 0. The van der Waals surface area contributed by atoms with Gasteiger partial charge in [-0.1, -0.05) is 53.0 Å². The van der Waals surface area contributed by atoms with E-state index in [1.165, 1.54) is 0 Å². The zero-order valence-electron chi connectivity index (χ0n) is 14.3. The van der Waals surface area contributed by atoms with Crippen LogP contribution in [-0.4, -0.2) is 12.7 Å². The fourth-order valence-electron chi connectivity index (χ4n) is 3.04. The van der Waals surface area contributed by atoms with Crippen molar-refractivity contribution < 1.29 is 4.42 Å². The van der Waals surface area contributed by atoms with Crippen LogP contribution in [0.15, 0.2) is 29.2 Å². The average Bonchev–Trinajstić information content (AvgIpc) is 2.57. The lowest BCUT2D eigenvalue weighted by atomic mass is 9.42. The molecule has 0 fully saturated rings. The highest BCUT2D eigenvalue weighted by atomic mass is 16.3. The van der Waals surface area contributed by atoms with Crippen LogP contribution in [0.4, 0.5) is 0 Å². The van der Waals surface area contributed by atoms with Crippen LogP contribution in [0, 0.1) is 13.8 Å². The zero-order chi connectivity index (χ0) is 16.4. The van der Waals surface area contributed by atoms with Gasteiger partial charge < -0.3 is 10.2 Å². The second kappa shape index (κ2) is 6.11. The molecule has 0 aliphatic carbocycles. The van der Waals surface area contributed by atoms with Crippen LogP contribution < -0.4 is 5.73 Å². The molecule has 3 heteroatoms. The fourth-order valence-corrected chi connectivity index (χ4v) is 3.04. The molecule has 2 N–H and O–H groups in total. The van der Waals surface area contributed by atoms with Gasteiger partial charge in [-0.15, -0.1) is 0 Å². The second-order valence-corrected chi connectivity index (χ2v) is 7.12. The number of rotatable bonds is 6. The lowest BCUT2D eigenvalue weighted by Crippen LogP contribution is -2.44. The van der Waals surface area contributed by atoms with Gasteiger partial charge in [0.05, 0.1) is 0 Å². The highest BCUT2D eigenvalue weighted by molar-refractivity contribution is 6.45. The number of furan rings is 1. The minimum atomic E-state index is -0.230. The first-order valence-electron chi connectivity index (χ1n) is 7.38. The molecule has 0 amide bonds. The third-order valence-electron chi connectivity index (χ3n) is 3.81. The molecule has 0 aliphatic heterocycles. The SMILES string of the molecule is C=C/C(=C\c1oc(C)c(C=C)c1C)C(C)(C)BC(C)(C)N. The van der Waals surface area contributed by atoms with Crippen molar-refractivity contribution in [1.82, 2.24) is 0 Å².